The molecule has 1 aliphatic rings. The molecule has 3 N–H and O–H groups in total. The summed E-state index contributed by atoms with van der Waals surface area (Å²) in [6.45, 7) is 10.7. The lowest BCUT2D eigenvalue weighted by molar-refractivity contribution is 0.109. The van der Waals surface area contributed by atoms with E-state index in [2.05, 4.69) is 34.0 Å². The van der Waals surface area contributed by atoms with Gasteiger partial charge in [0.2, 0.25) is 0 Å². The molecule has 2 rings (SSSR count). The van der Waals surface area contributed by atoms with E-state index in [4.69, 9.17) is 10.5 Å². The Kier molecular flexibility index (Phi) is 6.67. The molecular formula is C17H29N5O. The van der Waals surface area contributed by atoms with Gasteiger partial charge >= 0.3 is 0 Å². The first-order valence-corrected chi connectivity index (χ1v) is 8.30. The average Bonchev–Trinajstić information content (AvgIpc) is 2.60. The Bertz CT molecular complexity index is 511. The van der Waals surface area contributed by atoms with Crippen LogP contribution in [0.4, 0.5) is 5.69 Å². The molecule has 1 atom stereocenters. The molecule has 0 aliphatic carbocycles. The van der Waals surface area contributed by atoms with Crippen LogP contribution >= 0.6 is 0 Å². The molecule has 0 radical (unpaired) electrons. The van der Waals surface area contributed by atoms with Gasteiger partial charge in [-0.2, -0.15) is 0 Å². The van der Waals surface area contributed by atoms with Crippen molar-refractivity contribution in [2.45, 2.75) is 19.9 Å². The third-order valence-corrected chi connectivity index (χ3v) is 4.37. The quantitative estimate of drug-likeness (QED) is 0.614. The second kappa shape index (κ2) is 8.74. The lowest BCUT2D eigenvalue weighted by atomic mass is 10.2. The molecule has 1 aliphatic heterocycles. The molecule has 0 spiro atoms. The largest absolute Gasteiger partial charge is 0.495 e. The number of piperazine rings is 1. The summed E-state index contributed by atoms with van der Waals surface area (Å²) in [5.41, 5.74) is 6.84. The molecule has 0 bridgehead atoms. The number of anilines is 1. The predicted molar refractivity (Wildman–Crippen MR) is 96.3 cm³/mol. The summed E-state index contributed by atoms with van der Waals surface area (Å²) in [5.74, 6) is 1.18. The van der Waals surface area contributed by atoms with Crippen LogP contribution in [0.5, 0.6) is 5.75 Å². The van der Waals surface area contributed by atoms with Crippen molar-refractivity contribution in [2.75, 3.05) is 51.7 Å². The Morgan fingerprint density at radius 3 is 2.65 bits per heavy atom. The summed E-state index contributed by atoms with van der Waals surface area (Å²) in [6.07, 6.45) is 0. The van der Waals surface area contributed by atoms with Crippen LogP contribution in [0, 0.1) is 0 Å². The van der Waals surface area contributed by atoms with Crippen LogP contribution in [0.15, 0.2) is 29.3 Å². The number of nitrogens with zero attached hydrogens (tertiary/aromatic N) is 3. The van der Waals surface area contributed by atoms with Crippen molar-refractivity contribution < 1.29 is 4.74 Å². The molecule has 1 fully saturated rings. The molecular weight excluding hydrogens is 290 g/mol. The number of para-hydroxylation sites is 2. The van der Waals surface area contributed by atoms with Crippen LogP contribution in [0.1, 0.15) is 13.8 Å². The molecule has 6 heteroatoms. The summed E-state index contributed by atoms with van der Waals surface area (Å²) in [5, 5.41) is 3.11. The van der Waals surface area contributed by atoms with Gasteiger partial charge in [0.1, 0.15) is 5.75 Å². The van der Waals surface area contributed by atoms with E-state index in [-0.39, 0.29) is 0 Å². The minimum atomic E-state index is 0.395. The number of likely N-dealkylation sites (N-methyl/N-ethyl adjacent to an activating group) is 1. The SMILES string of the molecule is CCN1CCN(C(C)CN=C(N)Nc2ccccc2OC)CC1. The van der Waals surface area contributed by atoms with Crippen molar-refractivity contribution in [3.05, 3.63) is 24.3 Å². The summed E-state index contributed by atoms with van der Waals surface area (Å²) < 4.78 is 5.30. The molecule has 0 aromatic heterocycles. The van der Waals surface area contributed by atoms with Crippen LogP contribution in [0.3, 0.4) is 0 Å². The van der Waals surface area contributed by atoms with E-state index in [1.807, 2.05) is 24.3 Å². The Hall–Kier alpha value is -1.79. The van der Waals surface area contributed by atoms with Gasteiger partial charge in [-0.1, -0.05) is 19.1 Å². The Balaban J connectivity index is 1.84. The van der Waals surface area contributed by atoms with Gasteiger partial charge in [0, 0.05) is 32.2 Å². The zero-order valence-electron chi connectivity index (χ0n) is 14.5. The van der Waals surface area contributed by atoms with E-state index >= 15 is 0 Å². The fourth-order valence-corrected chi connectivity index (χ4v) is 2.79. The summed E-state index contributed by atoms with van der Waals surface area (Å²) in [7, 11) is 1.64. The van der Waals surface area contributed by atoms with E-state index in [0.717, 1.165) is 44.2 Å². The number of ether oxygens (including phenoxy) is 1. The minimum Gasteiger partial charge on any atom is -0.495 e. The maximum atomic E-state index is 6.01. The molecule has 23 heavy (non-hydrogen) atoms. The van der Waals surface area contributed by atoms with Gasteiger partial charge < -0.3 is 20.7 Å². The molecule has 128 valence electrons. The maximum absolute atomic E-state index is 6.01. The summed E-state index contributed by atoms with van der Waals surface area (Å²) >= 11 is 0. The first kappa shape index (κ1) is 17.6. The van der Waals surface area contributed by atoms with Gasteiger partial charge in [0.15, 0.2) is 5.96 Å². The number of guanidine groups is 1. The van der Waals surface area contributed by atoms with Gasteiger partial charge in [-0.3, -0.25) is 9.89 Å². The number of aliphatic imine (C=N–C) groups is 1. The highest BCUT2D eigenvalue weighted by atomic mass is 16.5. The number of nitrogens with two attached hydrogens (primary N) is 1. The van der Waals surface area contributed by atoms with Gasteiger partial charge in [0.25, 0.3) is 0 Å². The van der Waals surface area contributed by atoms with Crippen molar-refractivity contribution in [1.82, 2.24) is 9.80 Å². The normalized spacial score (nSPS) is 18.7. The Morgan fingerprint density at radius 1 is 1.30 bits per heavy atom. The van der Waals surface area contributed by atoms with E-state index in [1.54, 1.807) is 7.11 Å². The van der Waals surface area contributed by atoms with Crippen molar-refractivity contribution in [3.63, 3.8) is 0 Å². The smallest absolute Gasteiger partial charge is 0.193 e. The number of rotatable bonds is 6. The average molecular weight is 319 g/mol. The van der Waals surface area contributed by atoms with Crippen molar-refractivity contribution >= 4 is 11.6 Å². The molecule has 1 unspecified atom stereocenters. The van der Waals surface area contributed by atoms with E-state index in [0.29, 0.717) is 18.5 Å². The first-order valence-electron chi connectivity index (χ1n) is 8.30. The third-order valence-electron chi connectivity index (χ3n) is 4.37. The van der Waals surface area contributed by atoms with Gasteiger partial charge in [0.05, 0.1) is 19.3 Å². The lowest BCUT2D eigenvalue weighted by Crippen LogP contribution is -2.50. The topological polar surface area (TPSA) is 66.1 Å². The van der Waals surface area contributed by atoms with Crippen LogP contribution < -0.4 is 15.8 Å². The fraction of sp³-hybridized carbons (Fsp3) is 0.588. The monoisotopic (exact) mass is 319 g/mol. The highest BCUT2D eigenvalue weighted by Gasteiger charge is 2.19. The highest BCUT2D eigenvalue weighted by Crippen LogP contribution is 2.22. The third kappa shape index (κ3) is 5.11. The predicted octanol–water partition coefficient (Wildman–Crippen LogP) is 1.45. The van der Waals surface area contributed by atoms with Gasteiger partial charge in [-0.25, -0.2) is 0 Å². The number of nitrogens with one attached hydrogen (secondary N) is 1. The lowest BCUT2D eigenvalue weighted by Gasteiger charge is -2.37. The molecule has 6 nitrogen and oxygen atoms in total. The van der Waals surface area contributed by atoms with Crippen molar-refractivity contribution in [3.8, 4) is 5.75 Å². The second-order valence-electron chi connectivity index (χ2n) is 5.87. The summed E-state index contributed by atoms with van der Waals surface area (Å²) in [6, 6.07) is 8.08. The first-order chi connectivity index (χ1) is 11.1. The highest BCUT2D eigenvalue weighted by molar-refractivity contribution is 5.93. The standard InChI is InChI=1S/C17H29N5O/c1-4-21-9-11-22(12-10-21)14(2)13-19-17(18)20-15-7-5-6-8-16(15)23-3/h5-8,14H,4,9-13H2,1-3H3,(H3,18,19,20). The van der Waals surface area contributed by atoms with Crippen LogP contribution in [-0.2, 0) is 0 Å². The van der Waals surface area contributed by atoms with Crippen LogP contribution in [0.2, 0.25) is 0 Å². The van der Waals surface area contributed by atoms with E-state index < -0.39 is 0 Å². The zero-order chi connectivity index (χ0) is 16.7. The van der Waals surface area contributed by atoms with Crippen molar-refractivity contribution in [1.29, 1.82) is 0 Å². The van der Waals surface area contributed by atoms with Crippen molar-refractivity contribution in [2.24, 2.45) is 10.7 Å². The Labute approximate surface area is 139 Å². The summed E-state index contributed by atoms with van der Waals surface area (Å²) in [4.78, 5) is 9.44. The second-order valence-corrected chi connectivity index (χ2v) is 5.87. The van der Waals surface area contributed by atoms with E-state index in [9.17, 15) is 0 Å². The zero-order valence-corrected chi connectivity index (χ0v) is 14.5. The molecule has 0 saturated carbocycles. The van der Waals surface area contributed by atoms with Gasteiger partial charge in [-0.15, -0.1) is 0 Å². The maximum Gasteiger partial charge on any atom is 0.193 e. The fourth-order valence-electron chi connectivity index (χ4n) is 2.79. The molecule has 1 aromatic carbocycles. The molecule has 1 heterocycles. The van der Waals surface area contributed by atoms with Crippen LogP contribution in [-0.4, -0.2) is 68.2 Å². The minimum absolute atomic E-state index is 0.395. The molecule has 1 saturated heterocycles. The number of benzene rings is 1. The number of hydrogen-bond acceptors (Lipinski definition) is 4. The number of methoxy groups -OCH3 is 1. The Morgan fingerprint density at radius 2 is 2.00 bits per heavy atom. The molecule has 0 amide bonds. The van der Waals surface area contributed by atoms with Gasteiger partial charge in [-0.05, 0) is 25.6 Å². The van der Waals surface area contributed by atoms with E-state index in [1.165, 1.54) is 0 Å². The van der Waals surface area contributed by atoms with Crippen LogP contribution in [0.25, 0.3) is 0 Å². The number of hydrogen-bond donors (Lipinski definition) is 2. The molecule has 1 aromatic rings.